The zero-order chi connectivity index (χ0) is 9.68. The number of rotatable bonds is 4. The van der Waals surface area contributed by atoms with E-state index >= 15 is 0 Å². The highest BCUT2D eigenvalue weighted by molar-refractivity contribution is 8.01. The molecule has 0 spiro atoms. The molecule has 1 rings (SSSR count). The van der Waals surface area contributed by atoms with Gasteiger partial charge in [0, 0.05) is 5.25 Å². The van der Waals surface area contributed by atoms with Crippen molar-refractivity contribution in [2.24, 2.45) is 0 Å². The number of hydrogen-bond donors (Lipinski definition) is 0. The van der Waals surface area contributed by atoms with Gasteiger partial charge in [-0.3, -0.25) is 4.79 Å². The van der Waals surface area contributed by atoms with E-state index < -0.39 is 0 Å². The molecule has 0 aliphatic heterocycles. The summed E-state index contributed by atoms with van der Waals surface area (Å²) in [6.07, 6.45) is 5.20. The second-order valence-corrected chi connectivity index (χ2v) is 5.08. The van der Waals surface area contributed by atoms with Crippen LogP contribution in [0.5, 0.6) is 0 Å². The number of ether oxygens (including phenoxy) is 1. The predicted molar refractivity (Wildman–Crippen MR) is 55.9 cm³/mol. The van der Waals surface area contributed by atoms with Crippen molar-refractivity contribution in [2.75, 3.05) is 6.61 Å². The van der Waals surface area contributed by atoms with Gasteiger partial charge in [-0.25, -0.2) is 0 Å². The van der Waals surface area contributed by atoms with Gasteiger partial charge in [0.25, 0.3) is 0 Å². The largest absolute Gasteiger partial charge is 0.465 e. The van der Waals surface area contributed by atoms with E-state index in [0.717, 1.165) is 0 Å². The zero-order valence-electron chi connectivity index (χ0n) is 8.41. The average Bonchev–Trinajstić information content (AvgIpc) is 2.57. The van der Waals surface area contributed by atoms with Gasteiger partial charge in [0.05, 0.1) is 11.9 Å². The Morgan fingerprint density at radius 1 is 1.54 bits per heavy atom. The molecule has 1 unspecified atom stereocenters. The van der Waals surface area contributed by atoms with Crippen LogP contribution in [-0.2, 0) is 9.53 Å². The highest BCUT2D eigenvalue weighted by Crippen LogP contribution is 2.32. The standard InChI is InChI=1S/C10H18O2S/c1-3-12-10(11)8(2)13-9-6-4-5-7-9/h8-9H,3-7H2,1-2H3. The van der Waals surface area contributed by atoms with Crippen molar-refractivity contribution < 1.29 is 9.53 Å². The topological polar surface area (TPSA) is 26.3 Å². The summed E-state index contributed by atoms with van der Waals surface area (Å²) in [4.78, 5) is 11.3. The average molecular weight is 202 g/mol. The van der Waals surface area contributed by atoms with Gasteiger partial charge in [-0.15, -0.1) is 11.8 Å². The lowest BCUT2D eigenvalue weighted by atomic mass is 10.4. The van der Waals surface area contributed by atoms with Gasteiger partial charge >= 0.3 is 5.97 Å². The van der Waals surface area contributed by atoms with E-state index in [9.17, 15) is 4.79 Å². The smallest absolute Gasteiger partial charge is 0.318 e. The lowest BCUT2D eigenvalue weighted by Crippen LogP contribution is -2.19. The van der Waals surface area contributed by atoms with E-state index in [1.54, 1.807) is 11.8 Å². The first-order valence-corrected chi connectivity index (χ1v) is 6.00. The van der Waals surface area contributed by atoms with Crippen molar-refractivity contribution in [1.82, 2.24) is 0 Å². The number of hydrogen-bond acceptors (Lipinski definition) is 3. The fourth-order valence-electron chi connectivity index (χ4n) is 1.63. The molecule has 0 aromatic heterocycles. The summed E-state index contributed by atoms with van der Waals surface area (Å²) in [5, 5.41) is 0.711. The Hall–Kier alpha value is -0.180. The normalized spacial score (nSPS) is 20.2. The fourth-order valence-corrected chi connectivity index (χ4v) is 2.99. The zero-order valence-corrected chi connectivity index (χ0v) is 9.23. The first kappa shape index (κ1) is 10.9. The van der Waals surface area contributed by atoms with Crippen molar-refractivity contribution in [3.8, 4) is 0 Å². The van der Waals surface area contributed by atoms with Gasteiger partial charge < -0.3 is 4.74 Å². The minimum Gasteiger partial charge on any atom is -0.465 e. The molecule has 0 bridgehead atoms. The van der Waals surface area contributed by atoms with E-state index in [-0.39, 0.29) is 11.2 Å². The quantitative estimate of drug-likeness (QED) is 0.655. The molecule has 1 aliphatic carbocycles. The molecule has 1 saturated carbocycles. The summed E-state index contributed by atoms with van der Waals surface area (Å²) in [7, 11) is 0. The van der Waals surface area contributed by atoms with E-state index in [4.69, 9.17) is 4.74 Å². The first-order chi connectivity index (χ1) is 6.24. The van der Waals surface area contributed by atoms with E-state index in [1.807, 2.05) is 13.8 Å². The number of carbonyl (C=O) groups excluding carboxylic acids is 1. The molecule has 2 nitrogen and oxygen atoms in total. The SMILES string of the molecule is CCOC(=O)C(C)SC1CCCC1. The third kappa shape index (κ3) is 3.59. The molecule has 1 fully saturated rings. The Labute approximate surface area is 84.4 Å². The first-order valence-electron chi connectivity index (χ1n) is 5.06. The van der Waals surface area contributed by atoms with Crippen LogP contribution in [0.2, 0.25) is 0 Å². The number of thioether (sulfide) groups is 1. The van der Waals surface area contributed by atoms with Gasteiger partial charge in [-0.2, -0.15) is 0 Å². The molecular weight excluding hydrogens is 184 g/mol. The van der Waals surface area contributed by atoms with E-state index in [0.29, 0.717) is 11.9 Å². The predicted octanol–water partition coefficient (Wildman–Crippen LogP) is 2.61. The molecule has 76 valence electrons. The van der Waals surface area contributed by atoms with Crippen LogP contribution in [0.25, 0.3) is 0 Å². The van der Waals surface area contributed by atoms with Crippen LogP contribution >= 0.6 is 11.8 Å². The second-order valence-electron chi connectivity index (χ2n) is 3.44. The highest BCUT2D eigenvalue weighted by atomic mass is 32.2. The van der Waals surface area contributed by atoms with Crippen LogP contribution in [0.3, 0.4) is 0 Å². The molecule has 0 heterocycles. The monoisotopic (exact) mass is 202 g/mol. The minimum absolute atomic E-state index is 0.0167. The lowest BCUT2D eigenvalue weighted by Gasteiger charge is -2.14. The molecule has 13 heavy (non-hydrogen) atoms. The van der Waals surface area contributed by atoms with Crippen molar-refractivity contribution in [1.29, 1.82) is 0 Å². The number of carbonyl (C=O) groups is 1. The van der Waals surface area contributed by atoms with E-state index in [2.05, 4.69) is 0 Å². The molecule has 0 N–H and O–H groups in total. The molecule has 1 atom stereocenters. The Kier molecular flexibility index (Phi) is 4.64. The Morgan fingerprint density at radius 3 is 2.69 bits per heavy atom. The Bertz CT molecular complexity index is 164. The molecule has 1 aliphatic rings. The van der Waals surface area contributed by atoms with Crippen LogP contribution in [0.4, 0.5) is 0 Å². The summed E-state index contributed by atoms with van der Waals surface area (Å²) in [5.74, 6) is -0.0561. The van der Waals surface area contributed by atoms with Gasteiger partial charge in [0.1, 0.15) is 0 Å². The molecule has 3 heteroatoms. The van der Waals surface area contributed by atoms with Crippen LogP contribution in [0.15, 0.2) is 0 Å². The highest BCUT2D eigenvalue weighted by Gasteiger charge is 2.22. The maximum atomic E-state index is 11.3. The maximum Gasteiger partial charge on any atom is 0.318 e. The van der Waals surface area contributed by atoms with Crippen LogP contribution in [0.1, 0.15) is 39.5 Å². The molecule has 0 aromatic carbocycles. The van der Waals surface area contributed by atoms with Crippen molar-refractivity contribution in [3.05, 3.63) is 0 Å². The summed E-state index contributed by atoms with van der Waals surface area (Å²) < 4.78 is 4.95. The van der Waals surface area contributed by atoms with Crippen LogP contribution in [0, 0.1) is 0 Å². The number of esters is 1. The Morgan fingerprint density at radius 2 is 2.15 bits per heavy atom. The second kappa shape index (κ2) is 5.53. The third-order valence-electron chi connectivity index (χ3n) is 2.32. The molecule has 0 radical (unpaired) electrons. The summed E-state index contributed by atoms with van der Waals surface area (Å²) in [6.45, 7) is 4.29. The van der Waals surface area contributed by atoms with Gasteiger partial charge in [0.15, 0.2) is 0 Å². The fraction of sp³-hybridized carbons (Fsp3) is 0.900. The molecular formula is C10H18O2S. The third-order valence-corrected chi connectivity index (χ3v) is 3.77. The summed E-state index contributed by atoms with van der Waals surface area (Å²) in [6, 6.07) is 0. The lowest BCUT2D eigenvalue weighted by molar-refractivity contribution is -0.142. The van der Waals surface area contributed by atoms with E-state index in [1.165, 1.54) is 25.7 Å². The van der Waals surface area contributed by atoms with Crippen molar-refractivity contribution in [3.63, 3.8) is 0 Å². The van der Waals surface area contributed by atoms with Gasteiger partial charge in [-0.05, 0) is 26.7 Å². The summed E-state index contributed by atoms with van der Waals surface area (Å²) >= 11 is 1.78. The van der Waals surface area contributed by atoms with Crippen LogP contribution < -0.4 is 0 Å². The maximum absolute atomic E-state index is 11.3. The summed E-state index contributed by atoms with van der Waals surface area (Å²) in [5.41, 5.74) is 0. The van der Waals surface area contributed by atoms with Crippen molar-refractivity contribution >= 4 is 17.7 Å². The van der Waals surface area contributed by atoms with Gasteiger partial charge in [-0.1, -0.05) is 12.8 Å². The van der Waals surface area contributed by atoms with Crippen molar-refractivity contribution in [2.45, 2.75) is 50.0 Å². The molecule has 0 saturated heterocycles. The molecule has 0 aromatic rings. The van der Waals surface area contributed by atoms with Gasteiger partial charge in [0.2, 0.25) is 0 Å². The molecule has 0 amide bonds. The minimum atomic E-state index is -0.0561. The Balaban J connectivity index is 2.22. The van der Waals surface area contributed by atoms with Crippen LogP contribution in [-0.4, -0.2) is 23.1 Å².